The molecule has 0 aliphatic rings. The Morgan fingerprint density at radius 1 is 1.31 bits per heavy atom. The van der Waals surface area contributed by atoms with Crippen LogP contribution in [0, 0.1) is 5.92 Å². The van der Waals surface area contributed by atoms with E-state index in [0.717, 1.165) is 6.42 Å². The van der Waals surface area contributed by atoms with E-state index in [9.17, 15) is 0 Å². The minimum atomic E-state index is -0.626. The van der Waals surface area contributed by atoms with Crippen LogP contribution in [0.25, 0.3) is 0 Å². The summed E-state index contributed by atoms with van der Waals surface area (Å²) in [4.78, 5) is 0. The van der Waals surface area contributed by atoms with Crippen molar-refractivity contribution in [3.8, 4) is 0 Å². The van der Waals surface area contributed by atoms with Crippen LogP contribution in [-0.2, 0) is 0 Å². The molecule has 0 aliphatic carbocycles. The number of hydrogen-bond donors (Lipinski definition) is 3. The van der Waals surface area contributed by atoms with E-state index in [1.54, 1.807) is 0 Å². The maximum absolute atomic E-state index is 9.09. The summed E-state index contributed by atoms with van der Waals surface area (Å²) in [7, 11) is 0. The lowest BCUT2D eigenvalue weighted by molar-refractivity contribution is 0.0916. The fraction of sp³-hybridized carbons (Fsp3) is 1.00. The zero-order valence-corrected chi connectivity index (χ0v) is 8.95. The minimum Gasteiger partial charge on any atom is -0.394 e. The van der Waals surface area contributed by atoms with Crippen molar-refractivity contribution in [2.45, 2.75) is 45.8 Å². The molecule has 0 spiro atoms. The fourth-order valence-electron chi connectivity index (χ4n) is 1.26. The SMILES string of the molecule is CCC(C)CC(C)NC[C@H](O)CO. The molecule has 2 unspecified atom stereocenters. The summed E-state index contributed by atoms with van der Waals surface area (Å²) in [5, 5.41) is 20.9. The van der Waals surface area contributed by atoms with Crippen molar-refractivity contribution in [1.82, 2.24) is 5.32 Å². The lowest BCUT2D eigenvalue weighted by Crippen LogP contribution is -2.36. The molecule has 80 valence electrons. The van der Waals surface area contributed by atoms with Gasteiger partial charge >= 0.3 is 0 Å². The molecule has 3 N–H and O–H groups in total. The quantitative estimate of drug-likeness (QED) is 0.554. The summed E-state index contributed by atoms with van der Waals surface area (Å²) in [6.07, 6.45) is 1.68. The van der Waals surface area contributed by atoms with Crippen LogP contribution >= 0.6 is 0 Å². The molecule has 0 heterocycles. The predicted octanol–water partition coefficient (Wildman–Crippen LogP) is 0.754. The second kappa shape index (κ2) is 7.30. The highest BCUT2D eigenvalue weighted by Crippen LogP contribution is 2.08. The highest BCUT2D eigenvalue weighted by molar-refractivity contribution is 4.66. The number of rotatable bonds is 7. The number of aliphatic hydroxyl groups is 2. The Morgan fingerprint density at radius 2 is 1.92 bits per heavy atom. The summed E-state index contributed by atoms with van der Waals surface area (Å²) in [5.74, 6) is 0.716. The standard InChI is InChI=1S/C10H23NO2/c1-4-8(2)5-9(3)11-6-10(13)7-12/h8-13H,4-7H2,1-3H3/t8?,9?,10-/m0/s1. The van der Waals surface area contributed by atoms with E-state index in [2.05, 4.69) is 26.1 Å². The molecular weight excluding hydrogens is 166 g/mol. The first kappa shape index (κ1) is 12.9. The van der Waals surface area contributed by atoms with E-state index in [4.69, 9.17) is 10.2 Å². The number of hydrogen-bond acceptors (Lipinski definition) is 3. The van der Waals surface area contributed by atoms with Gasteiger partial charge in [0.2, 0.25) is 0 Å². The summed E-state index contributed by atoms with van der Waals surface area (Å²) in [5.41, 5.74) is 0. The van der Waals surface area contributed by atoms with Gasteiger partial charge in [-0.2, -0.15) is 0 Å². The van der Waals surface area contributed by atoms with Crippen LogP contribution in [0.1, 0.15) is 33.6 Å². The van der Waals surface area contributed by atoms with Crippen molar-refractivity contribution in [3.05, 3.63) is 0 Å². The van der Waals surface area contributed by atoms with Crippen LogP contribution in [0.4, 0.5) is 0 Å². The Balaban J connectivity index is 3.45. The molecule has 0 rings (SSSR count). The van der Waals surface area contributed by atoms with E-state index in [0.29, 0.717) is 18.5 Å². The van der Waals surface area contributed by atoms with E-state index < -0.39 is 6.10 Å². The maximum Gasteiger partial charge on any atom is 0.0895 e. The van der Waals surface area contributed by atoms with Crippen LogP contribution in [0.15, 0.2) is 0 Å². The van der Waals surface area contributed by atoms with E-state index in [1.807, 2.05) is 0 Å². The number of aliphatic hydroxyl groups excluding tert-OH is 2. The molecule has 0 saturated heterocycles. The van der Waals surface area contributed by atoms with E-state index in [1.165, 1.54) is 6.42 Å². The van der Waals surface area contributed by atoms with Crippen molar-refractivity contribution in [2.75, 3.05) is 13.2 Å². The molecule has 0 saturated carbocycles. The maximum atomic E-state index is 9.09. The third kappa shape index (κ3) is 6.99. The summed E-state index contributed by atoms with van der Waals surface area (Å²) < 4.78 is 0. The van der Waals surface area contributed by atoms with Gasteiger partial charge in [0.05, 0.1) is 12.7 Å². The van der Waals surface area contributed by atoms with Gasteiger partial charge in [0.1, 0.15) is 0 Å². The monoisotopic (exact) mass is 189 g/mol. The second-order valence-corrected chi connectivity index (χ2v) is 3.89. The van der Waals surface area contributed by atoms with Gasteiger partial charge in [0, 0.05) is 12.6 Å². The van der Waals surface area contributed by atoms with Gasteiger partial charge in [0.15, 0.2) is 0 Å². The summed E-state index contributed by atoms with van der Waals surface area (Å²) in [6, 6.07) is 0.413. The smallest absolute Gasteiger partial charge is 0.0895 e. The molecule has 0 aromatic heterocycles. The molecule has 13 heavy (non-hydrogen) atoms. The van der Waals surface area contributed by atoms with Crippen LogP contribution < -0.4 is 5.32 Å². The Hall–Kier alpha value is -0.120. The summed E-state index contributed by atoms with van der Waals surface area (Å²) in [6.45, 7) is 6.83. The topological polar surface area (TPSA) is 52.5 Å². The lowest BCUT2D eigenvalue weighted by atomic mass is 10.0. The van der Waals surface area contributed by atoms with Gasteiger partial charge in [-0.05, 0) is 19.3 Å². The molecule has 3 atom stereocenters. The van der Waals surface area contributed by atoms with E-state index in [-0.39, 0.29) is 6.61 Å². The predicted molar refractivity (Wildman–Crippen MR) is 54.6 cm³/mol. The van der Waals surface area contributed by atoms with Gasteiger partial charge in [-0.3, -0.25) is 0 Å². The van der Waals surface area contributed by atoms with Crippen LogP contribution in [0.3, 0.4) is 0 Å². The van der Waals surface area contributed by atoms with Gasteiger partial charge in [-0.25, -0.2) is 0 Å². The van der Waals surface area contributed by atoms with Gasteiger partial charge in [-0.1, -0.05) is 20.3 Å². The average Bonchev–Trinajstić information content (AvgIpc) is 2.13. The Labute approximate surface area is 81.2 Å². The molecule has 0 radical (unpaired) electrons. The van der Waals surface area contributed by atoms with Crippen LogP contribution in [0.5, 0.6) is 0 Å². The number of nitrogens with one attached hydrogen (secondary N) is 1. The van der Waals surface area contributed by atoms with Crippen molar-refractivity contribution >= 4 is 0 Å². The lowest BCUT2D eigenvalue weighted by Gasteiger charge is -2.18. The van der Waals surface area contributed by atoms with Gasteiger partial charge < -0.3 is 15.5 Å². The molecular formula is C10H23NO2. The van der Waals surface area contributed by atoms with Gasteiger partial charge in [0.25, 0.3) is 0 Å². The van der Waals surface area contributed by atoms with Crippen molar-refractivity contribution in [3.63, 3.8) is 0 Å². The third-order valence-corrected chi connectivity index (χ3v) is 2.37. The Morgan fingerprint density at radius 3 is 2.38 bits per heavy atom. The first-order valence-corrected chi connectivity index (χ1v) is 5.12. The Kier molecular flexibility index (Phi) is 7.23. The van der Waals surface area contributed by atoms with Crippen molar-refractivity contribution in [2.24, 2.45) is 5.92 Å². The van der Waals surface area contributed by atoms with Crippen LogP contribution in [0.2, 0.25) is 0 Å². The molecule has 0 amide bonds. The molecule has 0 fully saturated rings. The molecule has 0 bridgehead atoms. The van der Waals surface area contributed by atoms with Crippen molar-refractivity contribution in [1.29, 1.82) is 0 Å². The molecule has 0 aromatic rings. The van der Waals surface area contributed by atoms with Crippen molar-refractivity contribution < 1.29 is 10.2 Å². The second-order valence-electron chi connectivity index (χ2n) is 3.89. The first-order chi connectivity index (χ1) is 6.10. The summed E-state index contributed by atoms with van der Waals surface area (Å²) >= 11 is 0. The highest BCUT2D eigenvalue weighted by Gasteiger charge is 2.08. The molecule has 0 aromatic carbocycles. The normalized spacial score (nSPS) is 18.2. The van der Waals surface area contributed by atoms with Gasteiger partial charge in [-0.15, -0.1) is 0 Å². The molecule has 0 aliphatic heterocycles. The highest BCUT2D eigenvalue weighted by atomic mass is 16.3. The zero-order chi connectivity index (χ0) is 10.3. The zero-order valence-electron chi connectivity index (χ0n) is 8.95. The average molecular weight is 189 g/mol. The first-order valence-electron chi connectivity index (χ1n) is 5.12. The fourth-order valence-corrected chi connectivity index (χ4v) is 1.26. The molecule has 3 nitrogen and oxygen atoms in total. The van der Waals surface area contributed by atoms with E-state index >= 15 is 0 Å². The van der Waals surface area contributed by atoms with Crippen LogP contribution in [-0.4, -0.2) is 35.5 Å². The minimum absolute atomic E-state index is 0.164. The Bertz CT molecular complexity index is 119. The third-order valence-electron chi connectivity index (χ3n) is 2.37. The largest absolute Gasteiger partial charge is 0.394 e. The molecule has 3 heteroatoms.